The standard InChI is InChI=1S/C20H38N4O2/c1-6-21-19(22-15-17-7-11-23(12-8-17)16(2)25)24-13-9-18(10-14-24)26-20(3,4)5/h17-18H,6-15H2,1-5H3,(H,21,22). The molecule has 26 heavy (non-hydrogen) atoms. The molecule has 1 amide bonds. The van der Waals surface area contributed by atoms with Crippen LogP contribution < -0.4 is 5.32 Å². The number of ether oxygens (including phenoxy) is 1. The zero-order valence-electron chi connectivity index (χ0n) is 17.4. The molecule has 2 aliphatic heterocycles. The predicted molar refractivity (Wildman–Crippen MR) is 106 cm³/mol. The van der Waals surface area contributed by atoms with Gasteiger partial charge in [-0.15, -0.1) is 0 Å². The van der Waals surface area contributed by atoms with Crippen LogP contribution in [-0.2, 0) is 9.53 Å². The lowest BCUT2D eigenvalue weighted by molar-refractivity contribution is -0.130. The van der Waals surface area contributed by atoms with E-state index >= 15 is 0 Å². The Morgan fingerprint density at radius 2 is 1.65 bits per heavy atom. The molecule has 0 aromatic carbocycles. The third kappa shape index (κ3) is 6.78. The van der Waals surface area contributed by atoms with Crippen LogP contribution >= 0.6 is 0 Å². The smallest absolute Gasteiger partial charge is 0.219 e. The van der Waals surface area contributed by atoms with Crippen molar-refractivity contribution in [3.63, 3.8) is 0 Å². The molecular weight excluding hydrogens is 328 g/mol. The normalized spacial score (nSPS) is 21.2. The van der Waals surface area contributed by atoms with E-state index in [1.54, 1.807) is 6.92 Å². The Morgan fingerprint density at radius 1 is 1.08 bits per heavy atom. The fraction of sp³-hybridized carbons (Fsp3) is 0.900. The van der Waals surface area contributed by atoms with Gasteiger partial charge in [0.2, 0.25) is 5.91 Å². The molecule has 6 nitrogen and oxygen atoms in total. The second-order valence-corrected chi connectivity index (χ2v) is 8.56. The Hall–Kier alpha value is -1.30. The molecule has 6 heteroatoms. The minimum absolute atomic E-state index is 0.0693. The van der Waals surface area contributed by atoms with Crippen LogP contribution in [0.2, 0.25) is 0 Å². The molecule has 0 unspecified atom stereocenters. The van der Waals surface area contributed by atoms with Gasteiger partial charge in [-0.05, 0) is 59.3 Å². The summed E-state index contributed by atoms with van der Waals surface area (Å²) >= 11 is 0. The third-order valence-electron chi connectivity index (χ3n) is 5.16. The van der Waals surface area contributed by atoms with E-state index in [2.05, 4.69) is 37.9 Å². The fourth-order valence-corrected chi connectivity index (χ4v) is 3.76. The number of rotatable bonds is 4. The van der Waals surface area contributed by atoms with Crippen molar-refractivity contribution in [1.29, 1.82) is 0 Å². The van der Waals surface area contributed by atoms with Crippen LogP contribution in [0.3, 0.4) is 0 Å². The lowest BCUT2D eigenvalue weighted by atomic mass is 9.97. The van der Waals surface area contributed by atoms with Gasteiger partial charge >= 0.3 is 0 Å². The maximum atomic E-state index is 11.4. The van der Waals surface area contributed by atoms with Crippen molar-refractivity contribution in [3.8, 4) is 0 Å². The van der Waals surface area contributed by atoms with Crippen LogP contribution in [0.5, 0.6) is 0 Å². The number of hydrogen-bond donors (Lipinski definition) is 1. The zero-order valence-corrected chi connectivity index (χ0v) is 17.4. The molecule has 0 radical (unpaired) electrons. The van der Waals surface area contributed by atoms with Gasteiger partial charge in [0.25, 0.3) is 0 Å². The average molecular weight is 367 g/mol. The van der Waals surface area contributed by atoms with Crippen molar-refractivity contribution >= 4 is 11.9 Å². The van der Waals surface area contributed by atoms with Gasteiger partial charge < -0.3 is 19.9 Å². The van der Waals surface area contributed by atoms with Gasteiger partial charge in [-0.25, -0.2) is 0 Å². The van der Waals surface area contributed by atoms with Crippen LogP contribution in [0.25, 0.3) is 0 Å². The first-order valence-corrected chi connectivity index (χ1v) is 10.2. The van der Waals surface area contributed by atoms with Crippen LogP contribution in [0.15, 0.2) is 4.99 Å². The van der Waals surface area contributed by atoms with Gasteiger partial charge in [-0.1, -0.05) is 0 Å². The van der Waals surface area contributed by atoms with Crippen molar-refractivity contribution in [1.82, 2.24) is 15.1 Å². The molecule has 0 aromatic rings. The van der Waals surface area contributed by atoms with E-state index in [0.29, 0.717) is 12.0 Å². The maximum Gasteiger partial charge on any atom is 0.219 e. The van der Waals surface area contributed by atoms with Crippen molar-refractivity contribution in [3.05, 3.63) is 0 Å². The van der Waals surface area contributed by atoms with Gasteiger partial charge in [0.1, 0.15) is 0 Å². The Balaban J connectivity index is 1.83. The Kier molecular flexibility index (Phi) is 7.74. The number of likely N-dealkylation sites (tertiary alicyclic amines) is 2. The summed E-state index contributed by atoms with van der Waals surface area (Å²) in [5.74, 6) is 1.82. The molecule has 0 aliphatic carbocycles. The number of amides is 1. The number of guanidine groups is 1. The van der Waals surface area contributed by atoms with E-state index in [0.717, 1.165) is 70.9 Å². The number of nitrogens with one attached hydrogen (secondary N) is 1. The number of aliphatic imine (C=N–C) groups is 1. The quantitative estimate of drug-likeness (QED) is 0.613. The molecule has 2 fully saturated rings. The fourth-order valence-electron chi connectivity index (χ4n) is 3.76. The summed E-state index contributed by atoms with van der Waals surface area (Å²) in [6, 6.07) is 0. The minimum atomic E-state index is -0.0693. The first-order chi connectivity index (χ1) is 12.3. The molecule has 0 atom stereocenters. The number of carbonyl (C=O) groups is 1. The largest absolute Gasteiger partial charge is 0.372 e. The van der Waals surface area contributed by atoms with E-state index in [1.165, 1.54) is 0 Å². The summed E-state index contributed by atoms with van der Waals surface area (Å²) in [5, 5.41) is 3.45. The van der Waals surface area contributed by atoms with E-state index < -0.39 is 0 Å². The van der Waals surface area contributed by atoms with Crippen molar-refractivity contribution in [2.75, 3.05) is 39.3 Å². The number of carbonyl (C=O) groups excluding carboxylic acids is 1. The van der Waals surface area contributed by atoms with E-state index in [-0.39, 0.29) is 11.5 Å². The first-order valence-electron chi connectivity index (χ1n) is 10.2. The van der Waals surface area contributed by atoms with Gasteiger partial charge in [0, 0.05) is 46.2 Å². The van der Waals surface area contributed by atoms with Crippen molar-refractivity contribution < 1.29 is 9.53 Å². The van der Waals surface area contributed by atoms with Gasteiger partial charge in [-0.3, -0.25) is 9.79 Å². The first kappa shape index (κ1) is 21.0. The second-order valence-electron chi connectivity index (χ2n) is 8.56. The Morgan fingerprint density at radius 3 is 2.15 bits per heavy atom. The highest BCUT2D eigenvalue weighted by atomic mass is 16.5. The number of piperidine rings is 2. The van der Waals surface area contributed by atoms with E-state index in [9.17, 15) is 4.79 Å². The van der Waals surface area contributed by atoms with Crippen LogP contribution in [0, 0.1) is 5.92 Å². The van der Waals surface area contributed by atoms with Crippen molar-refractivity contribution in [2.24, 2.45) is 10.9 Å². The van der Waals surface area contributed by atoms with Crippen LogP contribution in [0.1, 0.15) is 60.3 Å². The van der Waals surface area contributed by atoms with Gasteiger partial charge in [0.05, 0.1) is 11.7 Å². The summed E-state index contributed by atoms with van der Waals surface area (Å²) in [6.07, 6.45) is 4.58. The maximum absolute atomic E-state index is 11.4. The monoisotopic (exact) mass is 366 g/mol. The highest BCUT2D eigenvalue weighted by Crippen LogP contribution is 2.21. The number of nitrogens with zero attached hydrogens (tertiary/aromatic N) is 3. The Bertz CT molecular complexity index is 471. The van der Waals surface area contributed by atoms with Crippen LogP contribution in [0.4, 0.5) is 0 Å². The predicted octanol–water partition coefficient (Wildman–Crippen LogP) is 2.49. The molecule has 150 valence electrons. The minimum Gasteiger partial charge on any atom is -0.372 e. The molecule has 2 saturated heterocycles. The molecular formula is C20H38N4O2. The van der Waals surface area contributed by atoms with Crippen LogP contribution in [-0.4, -0.2) is 72.6 Å². The summed E-state index contributed by atoms with van der Waals surface area (Å²) in [4.78, 5) is 20.7. The average Bonchev–Trinajstić information content (AvgIpc) is 2.58. The molecule has 2 aliphatic rings. The molecule has 0 spiro atoms. The molecule has 0 bridgehead atoms. The number of hydrogen-bond acceptors (Lipinski definition) is 3. The van der Waals surface area contributed by atoms with E-state index in [1.807, 2.05) is 4.90 Å². The summed E-state index contributed by atoms with van der Waals surface area (Å²) in [6.45, 7) is 15.7. The highest BCUT2D eigenvalue weighted by molar-refractivity contribution is 5.80. The van der Waals surface area contributed by atoms with Gasteiger partial charge in [0.15, 0.2) is 5.96 Å². The second kappa shape index (κ2) is 9.58. The lowest BCUT2D eigenvalue weighted by Gasteiger charge is -2.37. The topological polar surface area (TPSA) is 57.2 Å². The molecule has 0 aromatic heterocycles. The summed E-state index contributed by atoms with van der Waals surface area (Å²) < 4.78 is 6.13. The van der Waals surface area contributed by atoms with Crippen molar-refractivity contribution in [2.45, 2.75) is 72.0 Å². The van der Waals surface area contributed by atoms with Gasteiger partial charge in [-0.2, -0.15) is 0 Å². The third-order valence-corrected chi connectivity index (χ3v) is 5.16. The molecule has 2 heterocycles. The van der Waals surface area contributed by atoms with E-state index in [4.69, 9.17) is 9.73 Å². The summed E-state index contributed by atoms with van der Waals surface area (Å²) in [5.41, 5.74) is -0.0693. The summed E-state index contributed by atoms with van der Waals surface area (Å²) in [7, 11) is 0. The SMILES string of the molecule is CCNC(=NCC1CCN(C(C)=O)CC1)N1CCC(OC(C)(C)C)CC1. The highest BCUT2D eigenvalue weighted by Gasteiger charge is 2.26. The molecule has 0 saturated carbocycles. The Labute approximate surface area is 159 Å². The zero-order chi connectivity index (χ0) is 19.2. The lowest BCUT2D eigenvalue weighted by Crippen LogP contribution is -2.48. The molecule has 1 N–H and O–H groups in total. The molecule has 2 rings (SSSR count).